The Labute approximate surface area is 117 Å². The molecule has 1 heterocycles. The van der Waals surface area contributed by atoms with Crippen molar-refractivity contribution < 1.29 is 4.79 Å². The molecule has 0 fully saturated rings. The largest absolute Gasteiger partial charge is 0.295 e. The maximum atomic E-state index is 11.9. The lowest BCUT2D eigenvalue weighted by Crippen LogP contribution is -2.08. The van der Waals surface area contributed by atoms with Gasteiger partial charge in [-0.2, -0.15) is 0 Å². The normalized spacial score (nSPS) is 15.9. The summed E-state index contributed by atoms with van der Waals surface area (Å²) >= 11 is 1.75. The molecule has 1 nitrogen and oxygen atoms in total. The standard InChI is InChI=1S/C17H16OS/c1-12-14(8-5-9-16(12)18)17-15(10-11-19-17)13-6-3-2-4-7-13/h2-4,6-7,10-11H,5,8-9H2,1H3. The molecule has 0 saturated heterocycles. The van der Waals surface area contributed by atoms with Crippen LogP contribution in [0, 0.1) is 0 Å². The summed E-state index contributed by atoms with van der Waals surface area (Å²) in [5, 5.41) is 2.12. The van der Waals surface area contributed by atoms with Crippen molar-refractivity contribution in [3.8, 4) is 11.1 Å². The maximum absolute atomic E-state index is 11.9. The average molecular weight is 268 g/mol. The highest BCUT2D eigenvalue weighted by atomic mass is 32.1. The molecule has 2 heteroatoms. The molecule has 3 rings (SSSR count). The lowest BCUT2D eigenvalue weighted by molar-refractivity contribution is -0.115. The number of allylic oxidation sites excluding steroid dienone is 2. The first-order valence-corrected chi connectivity index (χ1v) is 7.51. The quantitative estimate of drug-likeness (QED) is 0.753. The van der Waals surface area contributed by atoms with Gasteiger partial charge in [0.2, 0.25) is 0 Å². The summed E-state index contributed by atoms with van der Waals surface area (Å²) in [5.74, 6) is 0.314. The van der Waals surface area contributed by atoms with Crippen molar-refractivity contribution in [2.45, 2.75) is 26.2 Å². The van der Waals surface area contributed by atoms with Crippen LogP contribution in [0.1, 0.15) is 31.1 Å². The highest BCUT2D eigenvalue weighted by Gasteiger charge is 2.21. The Kier molecular flexibility index (Phi) is 3.34. The second-order valence-electron chi connectivity index (χ2n) is 4.91. The molecule has 0 aliphatic heterocycles. The molecule has 0 unspecified atom stereocenters. The van der Waals surface area contributed by atoms with E-state index in [4.69, 9.17) is 0 Å². The first-order valence-electron chi connectivity index (χ1n) is 6.63. The molecule has 0 N–H and O–H groups in total. The van der Waals surface area contributed by atoms with Crippen LogP contribution in [0.4, 0.5) is 0 Å². The van der Waals surface area contributed by atoms with Crippen LogP contribution in [-0.4, -0.2) is 5.78 Å². The summed E-state index contributed by atoms with van der Waals surface area (Å²) in [4.78, 5) is 13.2. The van der Waals surface area contributed by atoms with Crippen LogP contribution in [0.3, 0.4) is 0 Å². The summed E-state index contributed by atoms with van der Waals surface area (Å²) in [6.07, 6.45) is 2.72. The number of hydrogen-bond donors (Lipinski definition) is 0. The summed E-state index contributed by atoms with van der Waals surface area (Å²) < 4.78 is 0. The molecular weight excluding hydrogens is 252 g/mol. The van der Waals surface area contributed by atoms with Gasteiger partial charge in [-0.1, -0.05) is 30.3 Å². The molecule has 2 aromatic rings. The van der Waals surface area contributed by atoms with E-state index in [1.807, 2.05) is 13.0 Å². The third kappa shape index (κ3) is 2.28. The van der Waals surface area contributed by atoms with Gasteiger partial charge in [-0.25, -0.2) is 0 Å². The van der Waals surface area contributed by atoms with Crippen LogP contribution in [0.15, 0.2) is 47.4 Å². The first kappa shape index (κ1) is 12.4. The number of rotatable bonds is 2. The number of thiophene rings is 1. The van der Waals surface area contributed by atoms with Gasteiger partial charge < -0.3 is 0 Å². The van der Waals surface area contributed by atoms with E-state index in [0.29, 0.717) is 12.2 Å². The second kappa shape index (κ2) is 5.14. The van der Waals surface area contributed by atoms with Crippen LogP contribution < -0.4 is 0 Å². The van der Waals surface area contributed by atoms with Crippen molar-refractivity contribution in [3.05, 3.63) is 52.2 Å². The third-order valence-corrected chi connectivity index (χ3v) is 4.70. The molecule has 96 valence electrons. The topological polar surface area (TPSA) is 17.1 Å². The summed E-state index contributed by atoms with van der Waals surface area (Å²) in [6, 6.07) is 12.6. The molecule has 0 saturated carbocycles. The highest BCUT2D eigenvalue weighted by molar-refractivity contribution is 7.11. The molecule has 0 spiro atoms. The molecule has 0 bridgehead atoms. The van der Waals surface area contributed by atoms with Gasteiger partial charge in [0.25, 0.3) is 0 Å². The van der Waals surface area contributed by atoms with Crippen molar-refractivity contribution in [2.24, 2.45) is 0 Å². The van der Waals surface area contributed by atoms with Crippen LogP contribution in [-0.2, 0) is 4.79 Å². The van der Waals surface area contributed by atoms with E-state index in [0.717, 1.165) is 18.4 Å². The van der Waals surface area contributed by atoms with Crippen molar-refractivity contribution in [1.29, 1.82) is 0 Å². The van der Waals surface area contributed by atoms with Gasteiger partial charge in [-0.15, -0.1) is 11.3 Å². The molecular formula is C17H16OS. The van der Waals surface area contributed by atoms with Gasteiger partial charge >= 0.3 is 0 Å². The van der Waals surface area contributed by atoms with E-state index in [1.165, 1.54) is 21.6 Å². The van der Waals surface area contributed by atoms with Gasteiger partial charge in [0.15, 0.2) is 5.78 Å². The summed E-state index contributed by atoms with van der Waals surface area (Å²) in [7, 11) is 0. The molecule has 1 aromatic heterocycles. The molecule has 1 aliphatic carbocycles. The van der Waals surface area contributed by atoms with Gasteiger partial charge in [0, 0.05) is 11.3 Å². The van der Waals surface area contributed by atoms with Crippen LogP contribution in [0.5, 0.6) is 0 Å². The molecule has 1 aliphatic rings. The molecule has 0 amide bonds. The summed E-state index contributed by atoms with van der Waals surface area (Å²) in [6.45, 7) is 1.98. The Morgan fingerprint density at radius 3 is 2.63 bits per heavy atom. The van der Waals surface area contributed by atoms with E-state index >= 15 is 0 Å². The van der Waals surface area contributed by atoms with E-state index in [2.05, 4.69) is 35.7 Å². The second-order valence-corrected chi connectivity index (χ2v) is 5.83. The SMILES string of the molecule is CC1=C(c2sccc2-c2ccccc2)CCCC1=O. The molecule has 19 heavy (non-hydrogen) atoms. The first-order chi connectivity index (χ1) is 9.27. The number of hydrogen-bond acceptors (Lipinski definition) is 2. The van der Waals surface area contributed by atoms with E-state index in [-0.39, 0.29) is 0 Å². The van der Waals surface area contributed by atoms with Gasteiger partial charge in [-0.3, -0.25) is 4.79 Å². The Hall–Kier alpha value is -1.67. The Morgan fingerprint density at radius 1 is 1.05 bits per heavy atom. The molecule has 0 atom stereocenters. The fourth-order valence-corrected chi connectivity index (χ4v) is 3.69. The fourth-order valence-electron chi connectivity index (χ4n) is 2.64. The van der Waals surface area contributed by atoms with Crippen molar-refractivity contribution in [3.63, 3.8) is 0 Å². The smallest absolute Gasteiger partial charge is 0.158 e. The van der Waals surface area contributed by atoms with Crippen molar-refractivity contribution >= 4 is 22.7 Å². The Bertz CT molecular complexity index is 634. The van der Waals surface area contributed by atoms with Gasteiger partial charge in [-0.05, 0) is 53.5 Å². The number of carbonyl (C=O) groups is 1. The van der Waals surface area contributed by atoms with Crippen molar-refractivity contribution in [2.75, 3.05) is 0 Å². The minimum Gasteiger partial charge on any atom is -0.295 e. The number of ketones is 1. The zero-order valence-electron chi connectivity index (χ0n) is 11.0. The monoisotopic (exact) mass is 268 g/mol. The zero-order valence-corrected chi connectivity index (χ0v) is 11.8. The third-order valence-electron chi connectivity index (χ3n) is 3.73. The number of benzene rings is 1. The minimum atomic E-state index is 0.314. The van der Waals surface area contributed by atoms with E-state index in [1.54, 1.807) is 11.3 Å². The summed E-state index contributed by atoms with van der Waals surface area (Å²) in [5.41, 5.74) is 4.71. The van der Waals surface area contributed by atoms with Crippen LogP contribution in [0.2, 0.25) is 0 Å². The lowest BCUT2D eigenvalue weighted by atomic mass is 9.88. The molecule has 1 aromatic carbocycles. The predicted molar refractivity (Wildman–Crippen MR) is 81.2 cm³/mol. The van der Waals surface area contributed by atoms with Crippen molar-refractivity contribution in [1.82, 2.24) is 0 Å². The Balaban J connectivity index is 2.11. The Morgan fingerprint density at radius 2 is 1.84 bits per heavy atom. The van der Waals surface area contributed by atoms with E-state index < -0.39 is 0 Å². The van der Waals surface area contributed by atoms with Gasteiger partial charge in [0.1, 0.15) is 0 Å². The predicted octanol–water partition coefficient (Wildman–Crippen LogP) is 4.94. The lowest BCUT2D eigenvalue weighted by Gasteiger charge is -2.17. The zero-order chi connectivity index (χ0) is 13.2. The minimum absolute atomic E-state index is 0.314. The van der Waals surface area contributed by atoms with Gasteiger partial charge in [0.05, 0.1) is 0 Å². The molecule has 0 radical (unpaired) electrons. The maximum Gasteiger partial charge on any atom is 0.158 e. The van der Waals surface area contributed by atoms with Crippen LogP contribution in [0.25, 0.3) is 16.7 Å². The fraction of sp³-hybridized carbons (Fsp3) is 0.235. The average Bonchev–Trinajstić information content (AvgIpc) is 2.92. The number of carbonyl (C=O) groups excluding carboxylic acids is 1. The highest BCUT2D eigenvalue weighted by Crippen LogP contribution is 2.39. The van der Waals surface area contributed by atoms with E-state index in [9.17, 15) is 4.79 Å². The van der Waals surface area contributed by atoms with Crippen LogP contribution >= 0.6 is 11.3 Å². The number of Topliss-reactive ketones (excluding diaryl/α,β-unsaturated/α-hetero) is 1.